The highest BCUT2D eigenvalue weighted by atomic mass is 35.5. The monoisotopic (exact) mass is 340 g/mol. The highest BCUT2D eigenvalue weighted by Crippen LogP contribution is 2.39. The zero-order valence-corrected chi connectivity index (χ0v) is 13.4. The van der Waals surface area contributed by atoms with Gasteiger partial charge in [0.1, 0.15) is 5.92 Å². The normalized spacial score (nSPS) is 20.5. The highest BCUT2D eigenvalue weighted by molar-refractivity contribution is 6.32. The molecule has 2 atom stereocenters. The number of carbonyl (C=O) groups is 2. The molecular formula is C15H17ClN2O5. The largest absolute Gasteiger partial charge is 0.503 e. The van der Waals surface area contributed by atoms with Crippen molar-refractivity contribution in [1.82, 2.24) is 10.6 Å². The standard InChI is InChI=1S/C15H17ClN2O5/c1-4-23-14(20)11-7(2)17-15(21)18-12(11)8-5-9(16)13(19)10(6-8)22-3/h5-6,11-12,19H,2,4H2,1,3H3,(H2,17,18,21). The van der Waals surface area contributed by atoms with Crippen molar-refractivity contribution in [3.8, 4) is 11.5 Å². The number of phenols is 1. The lowest BCUT2D eigenvalue weighted by atomic mass is 9.89. The third-order valence-electron chi connectivity index (χ3n) is 3.44. The lowest BCUT2D eigenvalue weighted by molar-refractivity contribution is -0.147. The van der Waals surface area contributed by atoms with Gasteiger partial charge in [0.2, 0.25) is 0 Å². The molecule has 1 aliphatic heterocycles. The summed E-state index contributed by atoms with van der Waals surface area (Å²) >= 11 is 5.98. The van der Waals surface area contributed by atoms with Crippen LogP contribution in [0.15, 0.2) is 24.4 Å². The molecule has 1 fully saturated rings. The van der Waals surface area contributed by atoms with Crippen LogP contribution in [-0.2, 0) is 9.53 Å². The Labute approximate surface area is 138 Å². The first-order chi connectivity index (χ1) is 10.9. The molecule has 2 unspecified atom stereocenters. The van der Waals surface area contributed by atoms with Crippen LogP contribution >= 0.6 is 11.6 Å². The molecular weight excluding hydrogens is 324 g/mol. The molecule has 124 valence electrons. The third-order valence-corrected chi connectivity index (χ3v) is 3.73. The molecule has 0 aromatic heterocycles. The van der Waals surface area contributed by atoms with Crippen LogP contribution < -0.4 is 15.4 Å². The van der Waals surface area contributed by atoms with Gasteiger partial charge in [-0.05, 0) is 24.6 Å². The van der Waals surface area contributed by atoms with Gasteiger partial charge in [0, 0.05) is 5.70 Å². The summed E-state index contributed by atoms with van der Waals surface area (Å²) in [4.78, 5) is 24.0. The van der Waals surface area contributed by atoms with Crippen molar-refractivity contribution in [3.05, 3.63) is 35.0 Å². The molecule has 0 radical (unpaired) electrons. The Balaban J connectivity index is 2.47. The van der Waals surface area contributed by atoms with E-state index in [-0.39, 0.29) is 28.8 Å². The van der Waals surface area contributed by atoms with Crippen molar-refractivity contribution in [1.29, 1.82) is 0 Å². The quantitative estimate of drug-likeness (QED) is 0.729. The van der Waals surface area contributed by atoms with Gasteiger partial charge in [0.25, 0.3) is 0 Å². The number of esters is 1. The molecule has 0 saturated carbocycles. The van der Waals surface area contributed by atoms with Crippen molar-refractivity contribution >= 4 is 23.6 Å². The van der Waals surface area contributed by atoms with E-state index in [0.717, 1.165) is 0 Å². The smallest absolute Gasteiger partial charge is 0.319 e. The second kappa shape index (κ2) is 6.78. The summed E-state index contributed by atoms with van der Waals surface area (Å²) in [6.45, 7) is 5.60. The van der Waals surface area contributed by atoms with Gasteiger partial charge in [0.15, 0.2) is 11.5 Å². The number of phenolic OH excluding ortho intramolecular Hbond substituents is 1. The van der Waals surface area contributed by atoms with Crippen LogP contribution in [0.4, 0.5) is 4.79 Å². The molecule has 0 spiro atoms. The van der Waals surface area contributed by atoms with Crippen molar-refractivity contribution < 1.29 is 24.2 Å². The zero-order valence-electron chi connectivity index (χ0n) is 12.7. The Bertz CT molecular complexity index is 662. The topological polar surface area (TPSA) is 96.9 Å². The van der Waals surface area contributed by atoms with Crippen LogP contribution in [0.5, 0.6) is 11.5 Å². The van der Waals surface area contributed by atoms with Crippen LogP contribution in [0.25, 0.3) is 0 Å². The number of benzene rings is 1. The van der Waals surface area contributed by atoms with Crippen LogP contribution in [-0.4, -0.2) is 30.8 Å². The summed E-state index contributed by atoms with van der Waals surface area (Å²) in [5.74, 6) is -1.45. The summed E-state index contributed by atoms with van der Waals surface area (Å²) in [6.07, 6.45) is 0. The number of urea groups is 1. The second-order valence-corrected chi connectivity index (χ2v) is 5.29. The minimum atomic E-state index is -0.835. The lowest BCUT2D eigenvalue weighted by Crippen LogP contribution is -2.51. The first kappa shape index (κ1) is 17.0. The van der Waals surface area contributed by atoms with Gasteiger partial charge in [-0.2, -0.15) is 0 Å². The first-order valence-electron chi connectivity index (χ1n) is 6.88. The maximum atomic E-state index is 12.2. The average molecular weight is 341 g/mol. The number of halogens is 1. The Morgan fingerprint density at radius 1 is 1.48 bits per heavy atom. The number of nitrogens with one attached hydrogen (secondary N) is 2. The molecule has 8 heteroatoms. The molecule has 1 aliphatic rings. The fourth-order valence-electron chi connectivity index (χ4n) is 2.40. The van der Waals surface area contributed by atoms with E-state index in [1.165, 1.54) is 19.2 Å². The molecule has 1 saturated heterocycles. The number of amides is 2. The molecule has 0 aliphatic carbocycles. The molecule has 1 heterocycles. The third kappa shape index (κ3) is 3.34. The summed E-state index contributed by atoms with van der Waals surface area (Å²) in [5.41, 5.74) is 0.707. The molecule has 3 N–H and O–H groups in total. The number of aromatic hydroxyl groups is 1. The van der Waals surface area contributed by atoms with Gasteiger partial charge >= 0.3 is 12.0 Å². The summed E-state index contributed by atoms with van der Waals surface area (Å²) in [7, 11) is 1.37. The molecule has 23 heavy (non-hydrogen) atoms. The van der Waals surface area contributed by atoms with Gasteiger partial charge in [-0.3, -0.25) is 4.79 Å². The summed E-state index contributed by atoms with van der Waals surface area (Å²) in [5, 5.41) is 15.0. The van der Waals surface area contributed by atoms with Gasteiger partial charge < -0.3 is 25.2 Å². The molecule has 7 nitrogen and oxygen atoms in total. The van der Waals surface area contributed by atoms with Gasteiger partial charge in [-0.25, -0.2) is 4.79 Å². The fourth-order valence-corrected chi connectivity index (χ4v) is 2.62. The Morgan fingerprint density at radius 2 is 2.17 bits per heavy atom. The Hall–Kier alpha value is -2.41. The average Bonchev–Trinajstić information content (AvgIpc) is 2.49. The number of methoxy groups -OCH3 is 1. The number of ether oxygens (including phenoxy) is 2. The summed E-state index contributed by atoms with van der Waals surface area (Å²) in [6, 6.07) is 1.71. The van der Waals surface area contributed by atoms with E-state index in [9.17, 15) is 14.7 Å². The van der Waals surface area contributed by atoms with Crippen molar-refractivity contribution in [2.24, 2.45) is 5.92 Å². The van der Waals surface area contributed by atoms with E-state index in [4.69, 9.17) is 21.1 Å². The fraction of sp³-hybridized carbons (Fsp3) is 0.333. The molecule has 0 bridgehead atoms. The summed E-state index contributed by atoms with van der Waals surface area (Å²) < 4.78 is 10.1. The predicted octanol–water partition coefficient (Wildman–Crippen LogP) is 2.10. The molecule has 1 aromatic carbocycles. The number of carbonyl (C=O) groups excluding carboxylic acids is 2. The second-order valence-electron chi connectivity index (χ2n) is 4.88. The van der Waals surface area contributed by atoms with Crippen molar-refractivity contribution in [3.63, 3.8) is 0 Å². The van der Waals surface area contributed by atoms with E-state index in [1.807, 2.05) is 0 Å². The molecule has 1 aromatic rings. The van der Waals surface area contributed by atoms with Gasteiger partial charge in [-0.1, -0.05) is 18.2 Å². The minimum absolute atomic E-state index is 0.0420. The van der Waals surface area contributed by atoms with Crippen LogP contribution in [0.3, 0.4) is 0 Å². The van der Waals surface area contributed by atoms with Crippen molar-refractivity contribution in [2.45, 2.75) is 13.0 Å². The van der Waals surface area contributed by atoms with E-state index >= 15 is 0 Å². The van der Waals surface area contributed by atoms with Crippen molar-refractivity contribution in [2.75, 3.05) is 13.7 Å². The highest BCUT2D eigenvalue weighted by Gasteiger charge is 2.39. The minimum Gasteiger partial charge on any atom is -0.503 e. The van der Waals surface area contributed by atoms with E-state index in [0.29, 0.717) is 5.56 Å². The van der Waals surface area contributed by atoms with E-state index in [2.05, 4.69) is 17.2 Å². The van der Waals surface area contributed by atoms with Gasteiger partial charge in [0.05, 0.1) is 24.8 Å². The Morgan fingerprint density at radius 3 is 2.78 bits per heavy atom. The SMILES string of the molecule is C=C1NC(=O)NC(c2cc(Cl)c(O)c(OC)c2)C1C(=O)OCC. The van der Waals surface area contributed by atoms with E-state index < -0.39 is 24.0 Å². The number of rotatable bonds is 4. The van der Waals surface area contributed by atoms with Crippen LogP contribution in [0.2, 0.25) is 5.02 Å². The first-order valence-corrected chi connectivity index (χ1v) is 7.26. The van der Waals surface area contributed by atoms with Crippen LogP contribution in [0, 0.1) is 5.92 Å². The van der Waals surface area contributed by atoms with Crippen LogP contribution in [0.1, 0.15) is 18.5 Å². The number of hydrogen-bond donors (Lipinski definition) is 3. The maximum absolute atomic E-state index is 12.2. The zero-order chi connectivity index (χ0) is 17.1. The number of hydrogen-bond acceptors (Lipinski definition) is 5. The van der Waals surface area contributed by atoms with Gasteiger partial charge in [-0.15, -0.1) is 0 Å². The lowest BCUT2D eigenvalue weighted by Gasteiger charge is -2.33. The maximum Gasteiger partial charge on any atom is 0.319 e. The van der Waals surface area contributed by atoms with E-state index in [1.54, 1.807) is 6.92 Å². The predicted molar refractivity (Wildman–Crippen MR) is 83.3 cm³/mol. The molecule has 2 rings (SSSR count). The molecule has 2 amide bonds. The Kier molecular flexibility index (Phi) is 5.00.